The number of fused-ring (bicyclic) bond motifs is 2. The van der Waals surface area contributed by atoms with Gasteiger partial charge in [0.05, 0.1) is 33.6 Å². The van der Waals surface area contributed by atoms with Crippen molar-refractivity contribution in [2.45, 2.75) is 0 Å². The lowest BCUT2D eigenvalue weighted by Crippen LogP contribution is -2.25. The van der Waals surface area contributed by atoms with Crippen molar-refractivity contribution in [1.82, 2.24) is 0 Å². The van der Waals surface area contributed by atoms with E-state index in [1.807, 2.05) is 0 Å². The number of hydrogen-bond acceptors (Lipinski definition) is 4. The van der Waals surface area contributed by atoms with Crippen LogP contribution in [0.15, 0.2) is 30.0 Å². The highest BCUT2D eigenvalue weighted by Gasteiger charge is 2.37. The zero-order valence-corrected chi connectivity index (χ0v) is 17.9. The van der Waals surface area contributed by atoms with Crippen molar-refractivity contribution in [2.75, 3.05) is 18.1 Å². The molecule has 4 nitrogen and oxygen atoms in total. The minimum Gasteiger partial charge on any atom is -0.397 e. The molecule has 0 atom stereocenters. The summed E-state index contributed by atoms with van der Waals surface area (Å²) in [5.74, 6) is -0.544. The SMILES string of the molecule is CNc1c(Br)cc(Br)c2c1C(=O)c1c(Br)cc(Br)c(N)c1C2=O. The Morgan fingerprint density at radius 1 is 0.783 bits per heavy atom. The van der Waals surface area contributed by atoms with Crippen molar-refractivity contribution in [3.05, 3.63) is 52.3 Å². The molecular formula is C15H8Br4N2O2. The number of halogens is 4. The first-order chi connectivity index (χ1) is 10.8. The van der Waals surface area contributed by atoms with Crippen LogP contribution in [-0.4, -0.2) is 18.6 Å². The van der Waals surface area contributed by atoms with Crippen LogP contribution >= 0.6 is 63.7 Å². The highest BCUT2D eigenvalue weighted by Crippen LogP contribution is 2.44. The fourth-order valence-corrected chi connectivity index (χ4v) is 5.54. The zero-order chi connectivity index (χ0) is 17.0. The number of nitrogens with two attached hydrogens (primary N) is 1. The van der Waals surface area contributed by atoms with E-state index < -0.39 is 0 Å². The molecule has 23 heavy (non-hydrogen) atoms. The molecule has 0 spiro atoms. The summed E-state index contributed by atoms with van der Waals surface area (Å²) in [6.07, 6.45) is 0. The lowest BCUT2D eigenvalue weighted by atomic mass is 9.82. The Balaban J connectivity index is 2.48. The molecule has 0 amide bonds. The Hall–Kier alpha value is -0.700. The minimum atomic E-state index is -0.287. The summed E-state index contributed by atoms with van der Waals surface area (Å²) in [4.78, 5) is 26.1. The molecule has 118 valence electrons. The van der Waals surface area contributed by atoms with Gasteiger partial charge in [0.1, 0.15) is 0 Å². The minimum absolute atomic E-state index is 0.217. The van der Waals surface area contributed by atoms with Gasteiger partial charge in [0.15, 0.2) is 11.6 Å². The van der Waals surface area contributed by atoms with Crippen molar-refractivity contribution in [3.8, 4) is 0 Å². The van der Waals surface area contributed by atoms with Crippen LogP contribution in [0.2, 0.25) is 0 Å². The van der Waals surface area contributed by atoms with Gasteiger partial charge in [-0.3, -0.25) is 9.59 Å². The molecule has 0 saturated carbocycles. The molecule has 0 saturated heterocycles. The third kappa shape index (κ3) is 2.42. The summed E-state index contributed by atoms with van der Waals surface area (Å²) in [6.45, 7) is 0. The molecule has 0 aromatic heterocycles. The number of carbonyl (C=O) groups excluding carboxylic acids is 2. The average Bonchev–Trinajstić information content (AvgIpc) is 2.47. The number of anilines is 2. The van der Waals surface area contributed by atoms with Gasteiger partial charge in [0.2, 0.25) is 0 Å². The Morgan fingerprint density at radius 3 is 1.83 bits per heavy atom. The lowest BCUT2D eigenvalue weighted by Gasteiger charge is -2.24. The van der Waals surface area contributed by atoms with Crippen LogP contribution in [-0.2, 0) is 0 Å². The van der Waals surface area contributed by atoms with Gasteiger partial charge in [-0.1, -0.05) is 0 Å². The Labute approximate surface area is 165 Å². The summed E-state index contributed by atoms with van der Waals surface area (Å²) in [5, 5.41) is 2.98. The van der Waals surface area contributed by atoms with Crippen molar-refractivity contribution < 1.29 is 9.59 Å². The van der Waals surface area contributed by atoms with E-state index in [4.69, 9.17) is 5.73 Å². The van der Waals surface area contributed by atoms with Crippen LogP contribution in [0.4, 0.5) is 11.4 Å². The monoisotopic (exact) mass is 564 g/mol. The highest BCUT2D eigenvalue weighted by atomic mass is 79.9. The summed E-state index contributed by atoms with van der Waals surface area (Å²) >= 11 is 13.5. The summed E-state index contributed by atoms with van der Waals surface area (Å²) in [5.41, 5.74) is 8.02. The molecule has 3 N–H and O–H groups in total. The zero-order valence-electron chi connectivity index (χ0n) is 11.6. The van der Waals surface area contributed by atoms with E-state index in [1.165, 1.54) is 0 Å². The van der Waals surface area contributed by atoms with Gasteiger partial charge in [0, 0.05) is 24.9 Å². The molecule has 0 unspecified atom stereocenters. The number of rotatable bonds is 1. The molecule has 0 aliphatic heterocycles. The topological polar surface area (TPSA) is 72.2 Å². The van der Waals surface area contributed by atoms with Crippen molar-refractivity contribution in [3.63, 3.8) is 0 Å². The van der Waals surface area contributed by atoms with Gasteiger partial charge in [-0.2, -0.15) is 0 Å². The number of benzene rings is 2. The van der Waals surface area contributed by atoms with Crippen molar-refractivity contribution in [2.24, 2.45) is 0 Å². The van der Waals surface area contributed by atoms with E-state index in [9.17, 15) is 9.59 Å². The molecular weight excluding hydrogens is 560 g/mol. The smallest absolute Gasteiger partial charge is 0.197 e. The first-order valence-corrected chi connectivity index (χ1v) is 9.53. The van der Waals surface area contributed by atoms with E-state index in [1.54, 1.807) is 19.2 Å². The third-order valence-electron chi connectivity index (χ3n) is 3.66. The number of nitrogen functional groups attached to an aromatic ring is 1. The quantitative estimate of drug-likeness (QED) is 0.400. The number of hydrogen-bond donors (Lipinski definition) is 2. The normalized spacial score (nSPS) is 12.9. The summed E-state index contributed by atoms with van der Waals surface area (Å²) < 4.78 is 2.32. The van der Waals surface area contributed by atoms with Crippen LogP contribution in [0.5, 0.6) is 0 Å². The fourth-order valence-electron chi connectivity index (χ4n) is 2.66. The number of ketones is 2. The predicted molar refractivity (Wildman–Crippen MR) is 105 cm³/mol. The van der Waals surface area contributed by atoms with Gasteiger partial charge in [0.25, 0.3) is 0 Å². The van der Waals surface area contributed by atoms with Gasteiger partial charge < -0.3 is 11.1 Å². The van der Waals surface area contributed by atoms with E-state index in [2.05, 4.69) is 69.0 Å². The summed E-state index contributed by atoms with van der Waals surface area (Å²) in [7, 11) is 1.70. The Bertz CT molecular complexity index is 909. The van der Waals surface area contributed by atoms with Gasteiger partial charge in [-0.05, 0) is 75.9 Å². The lowest BCUT2D eigenvalue weighted by molar-refractivity contribution is 0.0979. The van der Waals surface area contributed by atoms with Crippen LogP contribution in [0.25, 0.3) is 0 Å². The molecule has 0 radical (unpaired) electrons. The molecule has 3 rings (SSSR count). The van der Waals surface area contributed by atoms with E-state index >= 15 is 0 Å². The first-order valence-electron chi connectivity index (χ1n) is 6.36. The molecule has 1 aliphatic rings. The maximum absolute atomic E-state index is 13.1. The van der Waals surface area contributed by atoms with Gasteiger partial charge in [-0.25, -0.2) is 0 Å². The number of nitrogens with one attached hydrogen (secondary N) is 1. The second kappa shape index (κ2) is 5.98. The molecule has 0 fully saturated rings. The summed E-state index contributed by atoms with van der Waals surface area (Å²) in [6, 6.07) is 3.42. The maximum Gasteiger partial charge on any atom is 0.197 e. The Kier molecular flexibility index (Phi) is 4.46. The second-order valence-electron chi connectivity index (χ2n) is 4.88. The van der Waals surface area contributed by atoms with Crippen LogP contribution < -0.4 is 11.1 Å². The number of carbonyl (C=O) groups is 2. The fraction of sp³-hybridized carbons (Fsp3) is 0.0667. The predicted octanol–water partition coefficient (Wildman–Crippen LogP) is 5.14. The highest BCUT2D eigenvalue weighted by molar-refractivity contribution is 9.11. The first kappa shape index (κ1) is 17.1. The van der Waals surface area contributed by atoms with Gasteiger partial charge >= 0.3 is 0 Å². The third-order valence-corrected chi connectivity index (χ3v) is 6.19. The molecule has 1 aliphatic carbocycles. The molecule has 2 aromatic carbocycles. The van der Waals surface area contributed by atoms with E-state index in [-0.39, 0.29) is 28.4 Å². The van der Waals surface area contributed by atoms with Crippen molar-refractivity contribution in [1.29, 1.82) is 0 Å². The molecule has 0 heterocycles. The van der Waals surface area contributed by atoms with Crippen LogP contribution in [0.1, 0.15) is 31.8 Å². The average molecular weight is 568 g/mol. The Morgan fingerprint density at radius 2 is 1.26 bits per heavy atom. The standard InChI is InChI=1S/C15H8Br4N2O2/c1-21-13-7(19)3-5(17)9-11(13)15(23)8-4(16)2-6(18)12(20)10(8)14(9)22/h2-3,21H,20H2,1H3. The molecule has 8 heteroatoms. The maximum atomic E-state index is 13.1. The van der Waals surface area contributed by atoms with Crippen molar-refractivity contribution >= 4 is 86.7 Å². The second-order valence-corrected chi connectivity index (χ2v) is 8.29. The van der Waals surface area contributed by atoms with Crippen LogP contribution in [0, 0.1) is 0 Å². The van der Waals surface area contributed by atoms with Gasteiger partial charge in [-0.15, -0.1) is 0 Å². The molecule has 0 bridgehead atoms. The largest absolute Gasteiger partial charge is 0.397 e. The molecule has 2 aromatic rings. The van der Waals surface area contributed by atoms with E-state index in [0.29, 0.717) is 34.7 Å². The van der Waals surface area contributed by atoms with E-state index in [0.717, 1.165) is 0 Å². The van der Waals surface area contributed by atoms with Crippen LogP contribution in [0.3, 0.4) is 0 Å².